The van der Waals surface area contributed by atoms with Crippen LogP contribution in [0.25, 0.3) is 0 Å². The third kappa shape index (κ3) is 8.25. The first kappa shape index (κ1) is 17.1. The molecule has 3 nitrogen and oxygen atoms in total. The summed E-state index contributed by atoms with van der Waals surface area (Å²) in [6.07, 6.45) is 0.494. The van der Waals surface area contributed by atoms with Crippen LogP contribution in [-0.2, 0) is 9.53 Å². The van der Waals surface area contributed by atoms with Crippen LogP contribution in [0.4, 0.5) is 0 Å². The third-order valence-corrected chi connectivity index (χ3v) is 3.59. The number of benzene rings is 1. The first-order valence-corrected chi connectivity index (χ1v) is 7.81. The van der Waals surface area contributed by atoms with Crippen molar-refractivity contribution in [2.24, 2.45) is 0 Å². The van der Waals surface area contributed by atoms with Gasteiger partial charge in [-0.3, -0.25) is 4.79 Å². The lowest BCUT2D eigenvalue weighted by Gasteiger charge is -2.06. The molecular formula is C15H20ClNO2S. The standard InChI is InChI=1S/C15H20ClNO2S/c1-12(2)11-19-9-8-17-15(18)7-10-20-14-5-3-13(16)4-6-14/h3-6H,1,7-11H2,2H3,(H,17,18). The van der Waals surface area contributed by atoms with Gasteiger partial charge in [0.2, 0.25) is 5.91 Å². The lowest BCUT2D eigenvalue weighted by molar-refractivity contribution is -0.120. The molecule has 0 atom stereocenters. The van der Waals surface area contributed by atoms with Gasteiger partial charge in [-0.05, 0) is 31.2 Å². The van der Waals surface area contributed by atoms with E-state index >= 15 is 0 Å². The summed E-state index contributed by atoms with van der Waals surface area (Å²) < 4.78 is 5.30. The van der Waals surface area contributed by atoms with Crippen LogP contribution >= 0.6 is 23.4 Å². The largest absolute Gasteiger partial charge is 0.375 e. The second-order valence-corrected chi connectivity index (χ2v) is 6.02. The highest BCUT2D eigenvalue weighted by atomic mass is 35.5. The van der Waals surface area contributed by atoms with Crippen LogP contribution in [0, 0.1) is 0 Å². The van der Waals surface area contributed by atoms with Crippen LogP contribution in [0.5, 0.6) is 0 Å². The summed E-state index contributed by atoms with van der Waals surface area (Å²) in [5, 5.41) is 3.55. The van der Waals surface area contributed by atoms with Crippen LogP contribution in [-0.4, -0.2) is 31.4 Å². The van der Waals surface area contributed by atoms with Crippen LogP contribution in [0.2, 0.25) is 5.02 Å². The van der Waals surface area contributed by atoms with Gasteiger partial charge in [-0.1, -0.05) is 23.8 Å². The Bertz CT molecular complexity index is 434. The monoisotopic (exact) mass is 313 g/mol. The molecule has 0 radical (unpaired) electrons. The van der Waals surface area contributed by atoms with E-state index in [1.54, 1.807) is 11.8 Å². The molecule has 0 heterocycles. The fourth-order valence-electron chi connectivity index (χ4n) is 1.39. The van der Waals surface area contributed by atoms with Crippen molar-refractivity contribution in [3.05, 3.63) is 41.4 Å². The van der Waals surface area contributed by atoms with E-state index in [1.165, 1.54) is 0 Å². The Morgan fingerprint density at radius 1 is 1.40 bits per heavy atom. The molecule has 5 heteroatoms. The molecule has 0 unspecified atom stereocenters. The van der Waals surface area contributed by atoms with E-state index in [4.69, 9.17) is 16.3 Å². The molecule has 1 rings (SSSR count). The van der Waals surface area contributed by atoms with Crippen molar-refractivity contribution >= 4 is 29.3 Å². The molecule has 0 fully saturated rings. The number of amides is 1. The normalized spacial score (nSPS) is 10.3. The van der Waals surface area contributed by atoms with Crippen LogP contribution in [0.1, 0.15) is 13.3 Å². The highest BCUT2D eigenvalue weighted by molar-refractivity contribution is 7.99. The van der Waals surface area contributed by atoms with E-state index in [9.17, 15) is 4.79 Å². The molecule has 1 aromatic rings. The summed E-state index contributed by atoms with van der Waals surface area (Å²) in [7, 11) is 0. The second kappa shape index (κ2) is 9.86. The zero-order valence-electron chi connectivity index (χ0n) is 11.7. The van der Waals surface area contributed by atoms with Crippen LogP contribution < -0.4 is 5.32 Å². The van der Waals surface area contributed by atoms with E-state index < -0.39 is 0 Å². The quantitative estimate of drug-likeness (QED) is 0.430. The Hall–Kier alpha value is -0.970. The molecule has 0 aromatic heterocycles. The molecule has 110 valence electrons. The van der Waals surface area contributed by atoms with E-state index in [2.05, 4.69) is 11.9 Å². The van der Waals surface area contributed by atoms with Crippen molar-refractivity contribution < 1.29 is 9.53 Å². The topological polar surface area (TPSA) is 38.3 Å². The maximum Gasteiger partial charge on any atom is 0.220 e. The van der Waals surface area contributed by atoms with Crippen molar-refractivity contribution in [3.63, 3.8) is 0 Å². The molecular weight excluding hydrogens is 294 g/mol. The Labute approximate surface area is 129 Å². The minimum Gasteiger partial charge on any atom is -0.375 e. The number of nitrogens with one attached hydrogen (secondary N) is 1. The van der Waals surface area contributed by atoms with E-state index in [-0.39, 0.29) is 5.91 Å². The molecule has 0 aliphatic rings. The molecule has 0 aliphatic heterocycles. The molecule has 0 spiro atoms. The Kier molecular flexibility index (Phi) is 8.42. The lowest BCUT2D eigenvalue weighted by Crippen LogP contribution is -2.27. The van der Waals surface area contributed by atoms with Crippen molar-refractivity contribution in [1.82, 2.24) is 5.32 Å². The van der Waals surface area contributed by atoms with Crippen molar-refractivity contribution in [1.29, 1.82) is 0 Å². The van der Waals surface area contributed by atoms with Gasteiger partial charge in [0.25, 0.3) is 0 Å². The molecule has 0 bridgehead atoms. The molecule has 0 saturated heterocycles. The zero-order valence-corrected chi connectivity index (χ0v) is 13.2. The lowest BCUT2D eigenvalue weighted by atomic mass is 10.4. The number of hydrogen-bond donors (Lipinski definition) is 1. The summed E-state index contributed by atoms with van der Waals surface area (Å²) in [6.45, 7) is 7.25. The maximum atomic E-state index is 11.6. The van der Waals surface area contributed by atoms with Crippen molar-refractivity contribution in [2.45, 2.75) is 18.2 Å². The molecule has 20 heavy (non-hydrogen) atoms. The van der Waals surface area contributed by atoms with Gasteiger partial charge >= 0.3 is 0 Å². The summed E-state index contributed by atoms with van der Waals surface area (Å²) in [4.78, 5) is 12.7. The highest BCUT2D eigenvalue weighted by Crippen LogP contribution is 2.20. The number of halogens is 1. The fraction of sp³-hybridized carbons (Fsp3) is 0.400. The fourth-order valence-corrected chi connectivity index (χ4v) is 2.37. The summed E-state index contributed by atoms with van der Waals surface area (Å²) >= 11 is 7.45. The molecule has 0 saturated carbocycles. The number of thioether (sulfide) groups is 1. The Balaban J connectivity index is 2.05. The number of rotatable bonds is 9. The first-order valence-electron chi connectivity index (χ1n) is 6.45. The van der Waals surface area contributed by atoms with Gasteiger partial charge < -0.3 is 10.1 Å². The average Bonchev–Trinajstić information content (AvgIpc) is 2.40. The van der Waals surface area contributed by atoms with E-state index in [1.807, 2.05) is 31.2 Å². The zero-order chi connectivity index (χ0) is 14.8. The maximum absolute atomic E-state index is 11.6. The molecule has 1 aromatic carbocycles. The molecule has 1 amide bonds. The van der Waals surface area contributed by atoms with Gasteiger partial charge in [-0.25, -0.2) is 0 Å². The number of hydrogen-bond acceptors (Lipinski definition) is 3. The second-order valence-electron chi connectivity index (χ2n) is 4.41. The predicted molar refractivity (Wildman–Crippen MR) is 85.4 cm³/mol. The van der Waals surface area contributed by atoms with Gasteiger partial charge in [0.05, 0.1) is 13.2 Å². The summed E-state index contributed by atoms with van der Waals surface area (Å²) in [6, 6.07) is 7.61. The minimum absolute atomic E-state index is 0.0467. The Morgan fingerprint density at radius 3 is 2.75 bits per heavy atom. The summed E-state index contributed by atoms with van der Waals surface area (Å²) in [5.41, 5.74) is 0.982. The SMILES string of the molecule is C=C(C)COCCNC(=O)CCSc1ccc(Cl)cc1. The van der Waals surface area contributed by atoms with Gasteiger partial charge in [-0.2, -0.15) is 0 Å². The van der Waals surface area contributed by atoms with Gasteiger partial charge in [-0.15, -0.1) is 11.8 Å². The first-order chi connectivity index (χ1) is 9.58. The molecule has 1 N–H and O–H groups in total. The highest BCUT2D eigenvalue weighted by Gasteiger charge is 2.01. The van der Waals surface area contributed by atoms with E-state index in [0.717, 1.165) is 21.2 Å². The van der Waals surface area contributed by atoms with Crippen molar-refractivity contribution in [3.8, 4) is 0 Å². The predicted octanol–water partition coefficient (Wildman–Crippen LogP) is 3.53. The third-order valence-electron chi connectivity index (χ3n) is 2.33. The minimum atomic E-state index is 0.0467. The van der Waals surface area contributed by atoms with Gasteiger partial charge in [0.15, 0.2) is 0 Å². The van der Waals surface area contributed by atoms with Gasteiger partial charge in [0, 0.05) is 28.6 Å². The van der Waals surface area contributed by atoms with Crippen LogP contribution in [0.3, 0.4) is 0 Å². The Morgan fingerprint density at radius 2 is 2.10 bits per heavy atom. The smallest absolute Gasteiger partial charge is 0.220 e. The van der Waals surface area contributed by atoms with Gasteiger partial charge in [0.1, 0.15) is 0 Å². The van der Waals surface area contributed by atoms with Crippen molar-refractivity contribution in [2.75, 3.05) is 25.5 Å². The number of carbonyl (C=O) groups is 1. The number of carbonyl (C=O) groups excluding carboxylic acids is 1. The number of ether oxygens (including phenoxy) is 1. The molecule has 0 aliphatic carbocycles. The van der Waals surface area contributed by atoms with Crippen LogP contribution in [0.15, 0.2) is 41.3 Å². The van der Waals surface area contributed by atoms with E-state index in [0.29, 0.717) is 26.2 Å². The summed E-state index contributed by atoms with van der Waals surface area (Å²) in [5.74, 6) is 0.797. The average molecular weight is 314 g/mol.